The Balaban J connectivity index is 1.51. The number of nitrogens with zero attached hydrogens (tertiary/aromatic N) is 5. The van der Waals surface area contributed by atoms with Gasteiger partial charge in [0.1, 0.15) is 18.7 Å². The second-order valence-electron chi connectivity index (χ2n) is 8.98. The monoisotopic (exact) mass is 522 g/mol. The van der Waals surface area contributed by atoms with E-state index in [0.29, 0.717) is 11.2 Å². The van der Waals surface area contributed by atoms with Crippen LogP contribution in [0.1, 0.15) is 13.3 Å². The molecule has 1 aliphatic heterocycles. The van der Waals surface area contributed by atoms with Gasteiger partial charge in [0.05, 0.1) is 16.0 Å². The van der Waals surface area contributed by atoms with Crippen molar-refractivity contribution in [3.63, 3.8) is 0 Å². The minimum absolute atomic E-state index is 0.00360. The Labute approximate surface area is 219 Å². The molecule has 2 N–H and O–H groups in total. The lowest BCUT2D eigenvalue weighted by molar-refractivity contribution is 0.168. The van der Waals surface area contributed by atoms with Crippen LogP contribution in [0, 0.1) is 5.82 Å². The summed E-state index contributed by atoms with van der Waals surface area (Å²) in [5.41, 5.74) is 7.74. The fraction of sp³-hybridized carbons (Fsp3) is 0.296. The van der Waals surface area contributed by atoms with Gasteiger partial charge in [-0.15, -0.1) is 4.73 Å². The lowest BCUT2D eigenvalue weighted by atomic mass is 10.1. The van der Waals surface area contributed by atoms with Crippen molar-refractivity contribution in [3.8, 4) is 22.5 Å². The zero-order valence-corrected chi connectivity index (χ0v) is 21.5. The first-order chi connectivity index (χ1) is 17.9. The van der Waals surface area contributed by atoms with Crippen LogP contribution in [0.5, 0.6) is 0 Å². The highest BCUT2D eigenvalue weighted by atomic mass is 35.5. The molecule has 37 heavy (non-hydrogen) atoms. The predicted molar refractivity (Wildman–Crippen MR) is 145 cm³/mol. The highest BCUT2D eigenvalue weighted by Gasteiger charge is 2.21. The Kier molecular flexibility index (Phi) is 6.99. The number of aromatic nitrogens is 3. The maximum atomic E-state index is 14.6. The van der Waals surface area contributed by atoms with E-state index in [4.69, 9.17) is 22.2 Å². The van der Waals surface area contributed by atoms with E-state index in [-0.39, 0.29) is 27.6 Å². The Morgan fingerprint density at radius 2 is 1.81 bits per heavy atom. The third-order valence-electron chi connectivity index (χ3n) is 6.67. The summed E-state index contributed by atoms with van der Waals surface area (Å²) in [7, 11) is 1.33. The van der Waals surface area contributed by atoms with Crippen molar-refractivity contribution in [3.05, 3.63) is 69.7 Å². The summed E-state index contributed by atoms with van der Waals surface area (Å²) in [5, 5.41) is 0.447. The van der Waals surface area contributed by atoms with Crippen molar-refractivity contribution in [2.45, 2.75) is 13.3 Å². The molecule has 0 bridgehead atoms. The number of fused-ring (bicyclic) bond motifs is 1. The number of piperazine rings is 1. The minimum Gasteiger partial charge on any atom is -0.412 e. The SMILES string of the molecule is CCCN1CCN(c2ccc(-c3nc(N)c4cc(-c5c(F)cccc5Cl)c(=O)n(OC)c4n3)cc2)CC1. The van der Waals surface area contributed by atoms with Crippen LogP contribution in [0.3, 0.4) is 0 Å². The van der Waals surface area contributed by atoms with Gasteiger partial charge >= 0.3 is 0 Å². The summed E-state index contributed by atoms with van der Waals surface area (Å²) in [6, 6.07) is 13.6. The second kappa shape index (κ2) is 10.4. The first-order valence-electron chi connectivity index (χ1n) is 12.2. The molecule has 2 aromatic carbocycles. The van der Waals surface area contributed by atoms with E-state index in [0.717, 1.165) is 48.7 Å². The Bertz CT molecular complexity index is 1480. The van der Waals surface area contributed by atoms with Crippen LogP contribution >= 0.6 is 11.6 Å². The van der Waals surface area contributed by atoms with E-state index in [2.05, 4.69) is 26.7 Å². The molecule has 8 nitrogen and oxygen atoms in total. The fourth-order valence-corrected chi connectivity index (χ4v) is 5.04. The van der Waals surface area contributed by atoms with Gasteiger partial charge in [-0.25, -0.2) is 14.4 Å². The molecule has 3 heterocycles. The number of nitrogen functional groups attached to an aromatic ring is 1. The van der Waals surface area contributed by atoms with Gasteiger partial charge in [-0.05, 0) is 55.4 Å². The molecule has 5 rings (SSSR count). The third-order valence-corrected chi connectivity index (χ3v) is 6.98. The molecular formula is C27H28ClFN6O2. The zero-order valence-electron chi connectivity index (χ0n) is 20.7. The maximum absolute atomic E-state index is 14.6. The largest absolute Gasteiger partial charge is 0.412 e. The van der Waals surface area contributed by atoms with Crippen LogP contribution in [0.15, 0.2) is 53.3 Å². The molecule has 192 valence electrons. The number of hydrogen-bond donors (Lipinski definition) is 1. The van der Waals surface area contributed by atoms with Gasteiger partial charge in [-0.1, -0.05) is 24.6 Å². The molecule has 2 aromatic heterocycles. The highest BCUT2D eigenvalue weighted by Crippen LogP contribution is 2.32. The summed E-state index contributed by atoms with van der Waals surface area (Å²) >= 11 is 6.22. The quantitative estimate of drug-likeness (QED) is 0.408. The number of rotatable bonds is 6. The molecule has 1 fully saturated rings. The Morgan fingerprint density at radius 1 is 1.08 bits per heavy atom. The van der Waals surface area contributed by atoms with Crippen molar-refractivity contribution in [2.24, 2.45) is 0 Å². The molecule has 0 atom stereocenters. The van der Waals surface area contributed by atoms with Crippen LogP contribution in [0.25, 0.3) is 33.5 Å². The Hall–Kier alpha value is -3.69. The number of nitrogens with two attached hydrogens (primary N) is 1. The second-order valence-corrected chi connectivity index (χ2v) is 9.39. The smallest absolute Gasteiger partial charge is 0.293 e. The normalized spacial score (nSPS) is 14.3. The summed E-state index contributed by atoms with van der Waals surface area (Å²) in [6.07, 6.45) is 1.17. The zero-order chi connectivity index (χ0) is 26.1. The number of halogens is 2. The molecule has 10 heteroatoms. The van der Waals surface area contributed by atoms with Gasteiger partial charge in [0.25, 0.3) is 5.56 Å². The molecule has 0 aliphatic carbocycles. The number of benzene rings is 2. The van der Waals surface area contributed by atoms with Crippen molar-refractivity contribution in [1.82, 2.24) is 19.6 Å². The summed E-state index contributed by atoms with van der Waals surface area (Å²) in [6.45, 7) is 7.40. The van der Waals surface area contributed by atoms with Crippen molar-refractivity contribution in [1.29, 1.82) is 0 Å². The lowest BCUT2D eigenvalue weighted by Gasteiger charge is -2.36. The average Bonchev–Trinajstić information content (AvgIpc) is 2.90. The van der Waals surface area contributed by atoms with Crippen LogP contribution in [0.4, 0.5) is 15.9 Å². The lowest BCUT2D eigenvalue weighted by Crippen LogP contribution is -2.46. The van der Waals surface area contributed by atoms with E-state index < -0.39 is 11.4 Å². The molecular weight excluding hydrogens is 495 g/mol. The van der Waals surface area contributed by atoms with E-state index in [1.54, 1.807) is 0 Å². The van der Waals surface area contributed by atoms with Crippen LogP contribution in [-0.2, 0) is 0 Å². The first-order valence-corrected chi connectivity index (χ1v) is 12.6. The topological polar surface area (TPSA) is 89.5 Å². The molecule has 0 amide bonds. The highest BCUT2D eigenvalue weighted by molar-refractivity contribution is 6.33. The maximum Gasteiger partial charge on any atom is 0.293 e. The summed E-state index contributed by atoms with van der Waals surface area (Å²) < 4.78 is 15.6. The van der Waals surface area contributed by atoms with Gasteiger partial charge in [0, 0.05) is 43.0 Å². The van der Waals surface area contributed by atoms with E-state index in [9.17, 15) is 9.18 Å². The van der Waals surface area contributed by atoms with Crippen molar-refractivity contribution in [2.75, 3.05) is 50.5 Å². The minimum atomic E-state index is -0.630. The van der Waals surface area contributed by atoms with Gasteiger partial charge < -0.3 is 15.5 Å². The molecule has 0 spiro atoms. The number of anilines is 2. The van der Waals surface area contributed by atoms with E-state index in [1.165, 1.54) is 37.8 Å². The van der Waals surface area contributed by atoms with Gasteiger partial charge in [0.15, 0.2) is 11.5 Å². The number of pyridine rings is 1. The summed E-state index contributed by atoms with van der Waals surface area (Å²) in [4.78, 5) is 32.5. The Morgan fingerprint density at radius 3 is 2.46 bits per heavy atom. The first kappa shape index (κ1) is 25.0. The standard InChI is InChI=1S/C27H28ClFN6O2/c1-3-11-33-12-14-34(15-13-33)18-9-7-17(8-10-18)25-31-24(30)20-16-19(23-21(28)5-4-6-22(23)29)27(36)35(37-2)26(20)32-25/h4-10,16H,3,11-15H2,1-2H3,(H2,30,31,32). The third kappa shape index (κ3) is 4.72. The number of hydrogen-bond acceptors (Lipinski definition) is 7. The molecule has 0 radical (unpaired) electrons. The van der Waals surface area contributed by atoms with Crippen LogP contribution < -0.4 is 21.0 Å². The summed E-state index contributed by atoms with van der Waals surface area (Å²) in [5.74, 6) is -0.142. The molecule has 0 unspecified atom stereocenters. The van der Waals surface area contributed by atoms with Crippen LogP contribution in [0.2, 0.25) is 5.02 Å². The average molecular weight is 523 g/mol. The molecule has 0 saturated carbocycles. The molecule has 4 aromatic rings. The van der Waals surface area contributed by atoms with Crippen LogP contribution in [-0.4, -0.2) is 59.4 Å². The van der Waals surface area contributed by atoms with E-state index in [1.807, 2.05) is 24.3 Å². The van der Waals surface area contributed by atoms with E-state index >= 15 is 0 Å². The van der Waals surface area contributed by atoms with Gasteiger partial charge in [0.2, 0.25) is 0 Å². The molecule has 1 saturated heterocycles. The molecule has 1 aliphatic rings. The fourth-order valence-electron chi connectivity index (χ4n) is 4.78. The van der Waals surface area contributed by atoms with Crippen molar-refractivity contribution >= 4 is 34.1 Å². The van der Waals surface area contributed by atoms with Gasteiger partial charge in [-0.3, -0.25) is 9.69 Å². The van der Waals surface area contributed by atoms with Gasteiger partial charge in [-0.2, -0.15) is 0 Å². The predicted octanol–water partition coefficient (Wildman–Crippen LogP) is 4.09. The van der Waals surface area contributed by atoms with Crippen molar-refractivity contribution < 1.29 is 9.23 Å².